The summed E-state index contributed by atoms with van der Waals surface area (Å²) >= 11 is 0. The van der Waals surface area contributed by atoms with Gasteiger partial charge in [-0.15, -0.1) is 0 Å². The molecule has 2 atom stereocenters. The highest BCUT2D eigenvalue weighted by Crippen LogP contribution is 2.22. The smallest absolute Gasteiger partial charge is 0.345 e. The number of aliphatic carboxylic acids is 1. The van der Waals surface area contributed by atoms with E-state index >= 15 is 0 Å². The number of carbonyl (C=O) groups excluding carboxylic acids is 2. The van der Waals surface area contributed by atoms with Gasteiger partial charge in [-0.2, -0.15) is 4.72 Å². The Bertz CT molecular complexity index is 980. The zero-order valence-electron chi connectivity index (χ0n) is 19.5. The summed E-state index contributed by atoms with van der Waals surface area (Å²) in [6, 6.07) is 7.34. The third-order valence-corrected chi connectivity index (χ3v) is 8.13. The lowest BCUT2D eigenvalue weighted by atomic mass is 9.92. The molecule has 4 N–H and O–H groups in total. The highest BCUT2D eigenvalue weighted by Gasteiger charge is 2.41. The number of piperidine rings is 2. The Labute approximate surface area is 200 Å². The van der Waals surface area contributed by atoms with Crippen molar-refractivity contribution in [3.8, 4) is 0 Å². The highest BCUT2D eigenvalue weighted by atomic mass is 32.2. The average molecular weight is 495 g/mol. The summed E-state index contributed by atoms with van der Waals surface area (Å²) < 4.78 is 27.4. The number of rotatable bonds is 9. The lowest BCUT2D eigenvalue weighted by Crippen LogP contribution is -2.65. The Morgan fingerprint density at radius 2 is 1.82 bits per heavy atom. The van der Waals surface area contributed by atoms with Gasteiger partial charge in [0.05, 0.1) is 10.8 Å². The predicted molar refractivity (Wildman–Crippen MR) is 125 cm³/mol. The SMILES string of the molecule is C[C@@](NC(=O)[C@@H]1CCCN(C(=O)CCC2CCNCC2)C1)(NS(=O)(=O)c1ccccc1)C(=O)O. The molecule has 0 bridgehead atoms. The summed E-state index contributed by atoms with van der Waals surface area (Å²) in [4.78, 5) is 39.2. The van der Waals surface area contributed by atoms with Gasteiger partial charge < -0.3 is 20.6 Å². The van der Waals surface area contributed by atoms with Crippen LogP contribution in [0.4, 0.5) is 0 Å². The third kappa shape index (κ3) is 6.77. The van der Waals surface area contributed by atoms with E-state index < -0.39 is 33.5 Å². The number of amides is 2. The van der Waals surface area contributed by atoms with Gasteiger partial charge in [0, 0.05) is 19.5 Å². The first-order valence-corrected chi connectivity index (χ1v) is 13.2. The molecular weight excluding hydrogens is 460 g/mol. The van der Waals surface area contributed by atoms with Crippen molar-refractivity contribution in [3.05, 3.63) is 30.3 Å². The lowest BCUT2D eigenvalue weighted by Gasteiger charge is -2.35. The van der Waals surface area contributed by atoms with E-state index in [2.05, 4.69) is 15.4 Å². The Morgan fingerprint density at radius 3 is 2.47 bits per heavy atom. The molecule has 34 heavy (non-hydrogen) atoms. The molecule has 0 spiro atoms. The molecule has 0 aliphatic carbocycles. The van der Waals surface area contributed by atoms with Gasteiger partial charge in [-0.05, 0) is 70.2 Å². The van der Waals surface area contributed by atoms with Gasteiger partial charge in [-0.1, -0.05) is 18.2 Å². The van der Waals surface area contributed by atoms with Crippen LogP contribution in [0.25, 0.3) is 0 Å². The van der Waals surface area contributed by atoms with Gasteiger partial charge >= 0.3 is 5.97 Å². The summed E-state index contributed by atoms with van der Waals surface area (Å²) in [6.45, 7) is 3.80. The maximum Gasteiger partial charge on any atom is 0.345 e. The topological polar surface area (TPSA) is 145 Å². The molecule has 2 heterocycles. The van der Waals surface area contributed by atoms with E-state index in [0.717, 1.165) is 39.3 Å². The van der Waals surface area contributed by atoms with Crippen LogP contribution in [0.3, 0.4) is 0 Å². The highest BCUT2D eigenvalue weighted by molar-refractivity contribution is 7.89. The van der Waals surface area contributed by atoms with Crippen LogP contribution in [0.1, 0.15) is 45.4 Å². The van der Waals surface area contributed by atoms with E-state index in [1.54, 1.807) is 11.0 Å². The number of carboxylic acid groups (broad SMARTS) is 1. The van der Waals surface area contributed by atoms with Crippen LogP contribution in [-0.4, -0.2) is 68.0 Å². The molecule has 10 nitrogen and oxygen atoms in total. The largest absolute Gasteiger partial charge is 0.478 e. The average Bonchev–Trinajstić information content (AvgIpc) is 2.83. The van der Waals surface area contributed by atoms with Crippen molar-refractivity contribution < 1.29 is 27.9 Å². The summed E-state index contributed by atoms with van der Waals surface area (Å²) in [5, 5.41) is 15.4. The van der Waals surface area contributed by atoms with Gasteiger partial charge in [-0.3, -0.25) is 9.59 Å². The molecule has 11 heteroatoms. The van der Waals surface area contributed by atoms with Gasteiger partial charge in [0.2, 0.25) is 27.5 Å². The van der Waals surface area contributed by atoms with Gasteiger partial charge in [0.1, 0.15) is 0 Å². The Kier molecular flexibility index (Phi) is 8.67. The standard InChI is InChI=1S/C23H34N4O6S/c1-23(22(30)31,26-34(32,33)19-7-3-2-4-8-19)25-21(29)18-6-5-15-27(16-18)20(28)10-9-17-11-13-24-14-12-17/h2-4,7-8,17-18,24,26H,5-6,9-16H2,1H3,(H,25,29)(H,30,31)/t18-,23-/m1/s1. The van der Waals surface area contributed by atoms with Crippen LogP contribution in [0.5, 0.6) is 0 Å². The Hall–Kier alpha value is -2.50. The molecule has 2 aliphatic rings. The van der Waals surface area contributed by atoms with Crippen LogP contribution >= 0.6 is 0 Å². The van der Waals surface area contributed by atoms with Crippen molar-refractivity contribution in [2.45, 2.75) is 56.0 Å². The fourth-order valence-corrected chi connectivity index (χ4v) is 5.78. The zero-order valence-corrected chi connectivity index (χ0v) is 20.3. The quantitative estimate of drug-likeness (QED) is 0.373. The number of hydrogen-bond acceptors (Lipinski definition) is 6. The second kappa shape index (κ2) is 11.3. The van der Waals surface area contributed by atoms with Crippen LogP contribution in [0.2, 0.25) is 0 Å². The number of hydrogen-bond donors (Lipinski definition) is 4. The number of likely N-dealkylation sites (tertiary alicyclic amines) is 1. The predicted octanol–water partition coefficient (Wildman–Crippen LogP) is 0.900. The molecule has 0 saturated carbocycles. The van der Waals surface area contributed by atoms with Crippen molar-refractivity contribution >= 4 is 27.8 Å². The van der Waals surface area contributed by atoms with Gasteiger partial charge in [0.15, 0.2) is 0 Å². The van der Waals surface area contributed by atoms with Crippen molar-refractivity contribution in [1.29, 1.82) is 0 Å². The number of nitrogens with zero attached hydrogens (tertiary/aromatic N) is 1. The van der Waals surface area contributed by atoms with Crippen LogP contribution in [-0.2, 0) is 24.4 Å². The summed E-state index contributed by atoms with van der Waals surface area (Å²) in [5.74, 6) is -2.22. The molecule has 1 aromatic carbocycles. The fourth-order valence-electron chi connectivity index (χ4n) is 4.47. The number of carbonyl (C=O) groups is 3. The molecule has 188 valence electrons. The van der Waals surface area contributed by atoms with Crippen molar-refractivity contribution in [2.24, 2.45) is 11.8 Å². The molecular formula is C23H34N4O6S. The maximum absolute atomic E-state index is 13.0. The van der Waals surface area contributed by atoms with E-state index in [4.69, 9.17) is 0 Å². The van der Waals surface area contributed by atoms with E-state index in [9.17, 15) is 27.9 Å². The summed E-state index contributed by atoms with van der Waals surface area (Å²) in [5.41, 5.74) is -2.24. The lowest BCUT2D eigenvalue weighted by molar-refractivity contribution is -0.149. The number of carboxylic acids is 1. The Balaban J connectivity index is 1.60. The summed E-state index contributed by atoms with van der Waals surface area (Å²) in [6.07, 6.45) is 4.49. The molecule has 2 fully saturated rings. The molecule has 2 amide bonds. The molecule has 1 aromatic rings. The van der Waals surface area contributed by atoms with Crippen molar-refractivity contribution in [2.75, 3.05) is 26.2 Å². The summed E-state index contributed by atoms with van der Waals surface area (Å²) in [7, 11) is -4.20. The van der Waals surface area contributed by atoms with Crippen molar-refractivity contribution in [1.82, 2.24) is 20.3 Å². The second-order valence-electron chi connectivity index (χ2n) is 9.25. The molecule has 0 unspecified atom stereocenters. The second-order valence-corrected chi connectivity index (χ2v) is 10.9. The van der Waals surface area contributed by atoms with Gasteiger partial charge in [-0.25, -0.2) is 13.2 Å². The monoisotopic (exact) mass is 494 g/mol. The van der Waals surface area contributed by atoms with E-state index in [0.29, 0.717) is 31.7 Å². The molecule has 2 aliphatic heterocycles. The zero-order chi connectivity index (χ0) is 24.8. The minimum Gasteiger partial charge on any atom is -0.478 e. The minimum absolute atomic E-state index is 0.00168. The molecule has 0 aromatic heterocycles. The molecule has 2 saturated heterocycles. The third-order valence-electron chi connectivity index (χ3n) is 6.56. The van der Waals surface area contributed by atoms with Crippen LogP contribution in [0.15, 0.2) is 35.2 Å². The first kappa shape index (κ1) is 26.1. The van der Waals surface area contributed by atoms with Crippen LogP contribution < -0.4 is 15.4 Å². The minimum atomic E-state index is -4.20. The van der Waals surface area contributed by atoms with Gasteiger partial charge in [0.25, 0.3) is 0 Å². The fraction of sp³-hybridized carbons (Fsp3) is 0.609. The number of nitrogens with one attached hydrogen (secondary N) is 3. The first-order chi connectivity index (χ1) is 16.1. The van der Waals surface area contributed by atoms with E-state index in [1.807, 2.05) is 0 Å². The van der Waals surface area contributed by atoms with Crippen molar-refractivity contribution in [3.63, 3.8) is 0 Å². The normalized spacial score (nSPS) is 21.4. The maximum atomic E-state index is 13.0. The number of benzene rings is 1. The van der Waals surface area contributed by atoms with Crippen LogP contribution in [0, 0.1) is 11.8 Å². The Morgan fingerprint density at radius 1 is 1.15 bits per heavy atom. The first-order valence-electron chi connectivity index (χ1n) is 11.7. The molecule has 3 rings (SSSR count). The number of sulfonamides is 1. The van der Waals surface area contributed by atoms with E-state index in [1.165, 1.54) is 24.3 Å². The van der Waals surface area contributed by atoms with E-state index in [-0.39, 0.29) is 17.3 Å². The molecule has 0 radical (unpaired) electrons.